The van der Waals surface area contributed by atoms with Gasteiger partial charge in [0, 0.05) is 25.0 Å². The first-order chi connectivity index (χ1) is 14.6. The van der Waals surface area contributed by atoms with Crippen LogP contribution in [0.3, 0.4) is 0 Å². The number of hydrogen-bond donors (Lipinski definition) is 0. The first-order valence-corrected chi connectivity index (χ1v) is 9.87. The van der Waals surface area contributed by atoms with E-state index in [-0.39, 0.29) is 5.91 Å². The molecular weight excluding hydrogens is 404 g/mol. The second-order valence-electron chi connectivity index (χ2n) is 6.44. The van der Waals surface area contributed by atoms with Gasteiger partial charge in [0.1, 0.15) is 5.76 Å². The van der Waals surface area contributed by atoms with Crippen molar-refractivity contribution in [2.24, 2.45) is 0 Å². The van der Waals surface area contributed by atoms with Crippen molar-refractivity contribution in [3.8, 4) is 11.5 Å². The molecule has 0 aliphatic heterocycles. The Balaban J connectivity index is 1.81. The number of amides is 1. The molecule has 0 bridgehead atoms. The maximum atomic E-state index is 13.0. The molecule has 7 heteroatoms. The molecule has 2 heterocycles. The third-order valence-corrected chi connectivity index (χ3v) is 4.57. The molecule has 30 heavy (non-hydrogen) atoms. The Morgan fingerprint density at radius 1 is 1.27 bits per heavy atom. The molecule has 156 valence electrons. The summed E-state index contributed by atoms with van der Waals surface area (Å²) in [5, 5.41) is 0.415. The normalized spacial score (nSPS) is 10.9. The summed E-state index contributed by atoms with van der Waals surface area (Å²) in [4.78, 5) is 18.8. The largest absolute Gasteiger partial charge is 0.491 e. The van der Waals surface area contributed by atoms with Crippen molar-refractivity contribution in [2.75, 3.05) is 13.7 Å². The molecule has 3 aromatic rings. The SMILES string of the molecule is CCOc1cc(C=CC(=O)N(Cc2cccnc2)Cc2ccco2)cc(Cl)c1OC. The first kappa shape index (κ1) is 21.5. The number of hydrogen-bond acceptors (Lipinski definition) is 5. The first-order valence-electron chi connectivity index (χ1n) is 9.49. The van der Waals surface area contributed by atoms with Gasteiger partial charge >= 0.3 is 0 Å². The van der Waals surface area contributed by atoms with Crippen molar-refractivity contribution < 1.29 is 18.7 Å². The topological polar surface area (TPSA) is 64.8 Å². The minimum atomic E-state index is -0.167. The highest BCUT2D eigenvalue weighted by molar-refractivity contribution is 6.32. The summed E-state index contributed by atoms with van der Waals surface area (Å²) in [7, 11) is 1.54. The van der Waals surface area contributed by atoms with E-state index in [1.165, 1.54) is 13.2 Å². The summed E-state index contributed by atoms with van der Waals surface area (Å²) >= 11 is 6.30. The minimum absolute atomic E-state index is 0.167. The van der Waals surface area contributed by atoms with Gasteiger partial charge in [-0.3, -0.25) is 9.78 Å². The van der Waals surface area contributed by atoms with Crippen molar-refractivity contribution >= 4 is 23.6 Å². The summed E-state index contributed by atoms with van der Waals surface area (Å²) in [6, 6.07) is 10.9. The van der Waals surface area contributed by atoms with Gasteiger partial charge in [0.05, 0.1) is 31.5 Å². The van der Waals surface area contributed by atoms with Gasteiger partial charge in [0.2, 0.25) is 5.91 Å². The van der Waals surface area contributed by atoms with Crippen LogP contribution in [0.25, 0.3) is 6.08 Å². The van der Waals surface area contributed by atoms with E-state index in [0.717, 1.165) is 11.1 Å². The smallest absolute Gasteiger partial charge is 0.247 e. The molecule has 0 atom stereocenters. The van der Waals surface area contributed by atoms with Gasteiger partial charge in [0.25, 0.3) is 0 Å². The number of carbonyl (C=O) groups excluding carboxylic acids is 1. The quantitative estimate of drug-likeness (QED) is 0.451. The average Bonchev–Trinajstić information content (AvgIpc) is 3.26. The molecule has 0 fully saturated rings. The van der Waals surface area contributed by atoms with E-state index in [4.69, 9.17) is 25.5 Å². The number of pyridine rings is 1. The van der Waals surface area contributed by atoms with Crippen molar-refractivity contribution in [3.05, 3.63) is 83.0 Å². The maximum Gasteiger partial charge on any atom is 0.247 e. The summed E-state index contributed by atoms with van der Waals surface area (Å²) in [5.41, 5.74) is 1.66. The van der Waals surface area contributed by atoms with E-state index >= 15 is 0 Å². The van der Waals surface area contributed by atoms with E-state index in [9.17, 15) is 4.79 Å². The van der Waals surface area contributed by atoms with Crippen LogP contribution in [0.4, 0.5) is 0 Å². The number of halogens is 1. The molecule has 2 aromatic heterocycles. The Labute approximate surface area is 180 Å². The predicted molar refractivity (Wildman–Crippen MR) is 115 cm³/mol. The van der Waals surface area contributed by atoms with Crippen LogP contribution in [0.2, 0.25) is 5.02 Å². The molecule has 0 N–H and O–H groups in total. The standard InChI is InChI=1S/C23H23ClN2O4/c1-3-29-21-13-17(12-20(24)23(21)28-2)8-9-22(27)26(16-19-7-5-11-30-19)15-18-6-4-10-25-14-18/h4-14H,3,15-16H2,1-2H3. The van der Waals surface area contributed by atoms with E-state index in [1.807, 2.05) is 25.1 Å². The zero-order valence-electron chi connectivity index (χ0n) is 16.9. The molecule has 0 aliphatic rings. The van der Waals surface area contributed by atoms with Crippen LogP contribution in [0.5, 0.6) is 11.5 Å². The molecule has 0 radical (unpaired) electrons. The molecule has 0 unspecified atom stereocenters. The average molecular weight is 427 g/mol. The number of aromatic nitrogens is 1. The van der Waals surface area contributed by atoms with Crippen LogP contribution >= 0.6 is 11.6 Å². The second-order valence-corrected chi connectivity index (χ2v) is 6.84. The molecule has 3 rings (SSSR count). The lowest BCUT2D eigenvalue weighted by atomic mass is 10.1. The van der Waals surface area contributed by atoms with E-state index < -0.39 is 0 Å². The van der Waals surface area contributed by atoms with Crippen LogP contribution in [0.1, 0.15) is 23.8 Å². The van der Waals surface area contributed by atoms with E-state index in [2.05, 4.69) is 4.98 Å². The Hall–Kier alpha value is -3.25. The number of benzene rings is 1. The Morgan fingerprint density at radius 3 is 2.80 bits per heavy atom. The van der Waals surface area contributed by atoms with Crippen molar-refractivity contribution in [1.82, 2.24) is 9.88 Å². The molecule has 1 amide bonds. The Morgan fingerprint density at radius 2 is 2.13 bits per heavy atom. The third kappa shape index (κ3) is 5.64. The number of carbonyl (C=O) groups is 1. The van der Waals surface area contributed by atoms with Gasteiger partial charge in [-0.2, -0.15) is 0 Å². The predicted octanol–water partition coefficient (Wildman–Crippen LogP) is 4.98. The second kappa shape index (κ2) is 10.5. The van der Waals surface area contributed by atoms with Crippen LogP contribution in [-0.2, 0) is 17.9 Å². The zero-order chi connectivity index (χ0) is 21.3. The lowest BCUT2D eigenvalue weighted by Crippen LogP contribution is -2.28. The van der Waals surface area contributed by atoms with Gasteiger partial charge in [-0.15, -0.1) is 0 Å². The summed E-state index contributed by atoms with van der Waals surface area (Å²) in [6.45, 7) is 3.11. The minimum Gasteiger partial charge on any atom is -0.491 e. The summed E-state index contributed by atoms with van der Waals surface area (Å²) in [5.74, 6) is 1.53. The fourth-order valence-corrected chi connectivity index (χ4v) is 3.23. The van der Waals surface area contributed by atoms with Crippen molar-refractivity contribution in [3.63, 3.8) is 0 Å². The van der Waals surface area contributed by atoms with Crippen molar-refractivity contribution in [2.45, 2.75) is 20.0 Å². The van der Waals surface area contributed by atoms with Crippen LogP contribution in [0, 0.1) is 0 Å². The molecule has 6 nitrogen and oxygen atoms in total. The lowest BCUT2D eigenvalue weighted by molar-refractivity contribution is -0.127. The van der Waals surface area contributed by atoms with Gasteiger partial charge in [-0.05, 0) is 54.5 Å². The number of furan rings is 1. The van der Waals surface area contributed by atoms with Gasteiger partial charge < -0.3 is 18.8 Å². The lowest BCUT2D eigenvalue weighted by Gasteiger charge is -2.20. The van der Waals surface area contributed by atoms with Crippen LogP contribution < -0.4 is 9.47 Å². The fraction of sp³-hybridized carbons (Fsp3) is 0.217. The highest BCUT2D eigenvalue weighted by Crippen LogP contribution is 2.36. The summed E-state index contributed by atoms with van der Waals surface area (Å²) < 4.78 is 16.3. The molecular formula is C23H23ClN2O4. The third-order valence-electron chi connectivity index (χ3n) is 4.29. The number of nitrogens with zero attached hydrogens (tertiary/aromatic N) is 2. The molecule has 0 saturated carbocycles. The van der Waals surface area contributed by atoms with Gasteiger partial charge in [0.15, 0.2) is 11.5 Å². The molecule has 1 aromatic carbocycles. The highest BCUT2D eigenvalue weighted by Gasteiger charge is 2.15. The van der Waals surface area contributed by atoms with Gasteiger partial charge in [-0.25, -0.2) is 0 Å². The molecule has 0 spiro atoms. The van der Waals surface area contributed by atoms with Crippen molar-refractivity contribution in [1.29, 1.82) is 0 Å². The Bertz CT molecular complexity index is 988. The highest BCUT2D eigenvalue weighted by atomic mass is 35.5. The molecule has 0 aliphatic carbocycles. The fourth-order valence-electron chi connectivity index (χ4n) is 2.93. The number of rotatable bonds is 9. The monoisotopic (exact) mass is 426 g/mol. The Kier molecular flexibility index (Phi) is 7.51. The molecule has 0 saturated heterocycles. The number of methoxy groups -OCH3 is 1. The zero-order valence-corrected chi connectivity index (χ0v) is 17.6. The van der Waals surface area contributed by atoms with Gasteiger partial charge in [-0.1, -0.05) is 17.7 Å². The maximum absolute atomic E-state index is 13.0. The number of ether oxygens (including phenoxy) is 2. The van der Waals surface area contributed by atoms with E-state index in [1.54, 1.807) is 47.8 Å². The van der Waals surface area contributed by atoms with E-state index in [0.29, 0.717) is 42.0 Å². The summed E-state index contributed by atoms with van der Waals surface area (Å²) in [6.07, 6.45) is 8.24. The van der Waals surface area contributed by atoms with Crippen LogP contribution in [0.15, 0.2) is 65.5 Å². The van der Waals surface area contributed by atoms with Crippen LogP contribution in [-0.4, -0.2) is 29.5 Å².